The normalized spacial score (nSPS) is 25.7. The lowest BCUT2D eigenvalue weighted by molar-refractivity contribution is -0.149. The number of nitrogens with zero attached hydrogens (tertiary/aromatic N) is 1. The summed E-state index contributed by atoms with van der Waals surface area (Å²) < 4.78 is 33.1. The molecular formula is C23H30F2N4O3. The Morgan fingerprint density at radius 3 is 2.59 bits per heavy atom. The molecule has 2 atom stereocenters. The van der Waals surface area contributed by atoms with Gasteiger partial charge < -0.3 is 26.2 Å². The molecule has 1 amide bonds. The van der Waals surface area contributed by atoms with Gasteiger partial charge in [-0.2, -0.15) is 0 Å². The molecule has 0 aromatic heterocycles. The molecule has 0 radical (unpaired) electrons. The van der Waals surface area contributed by atoms with E-state index in [2.05, 4.69) is 15.5 Å². The van der Waals surface area contributed by atoms with Gasteiger partial charge in [-0.05, 0) is 24.8 Å². The van der Waals surface area contributed by atoms with Gasteiger partial charge in [-0.3, -0.25) is 9.69 Å². The van der Waals surface area contributed by atoms with Crippen molar-refractivity contribution in [3.8, 4) is 0 Å². The Labute approximate surface area is 186 Å². The Kier molecular flexibility index (Phi) is 6.39. The minimum absolute atomic E-state index is 0.103. The molecule has 2 aliphatic heterocycles. The van der Waals surface area contributed by atoms with E-state index in [1.807, 2.05) is 0 Å². The Morgan fingerprint density at radius 2 is 1.97 bits per heavy atom. The molecule has 9 heteroatoms. The van der Waals surface area contributed by atoms with E-state index in [1.54, 1.807) is 36.6 Å². The molecule has 174 valence electrons. The van der Waals surface area contributed by atoms with Gasteiger partial charge >= 0.3 is 0 Å². The number of ether oxygens (including phenoxy) is 1. The lowest BCUT2D eigenvalue weighted by Crippen LogP contribution is -2.54. The molecule has 1 saturated carbocycles. The third-order valence-corrected chi connectivity index (χ3v) is 6.58. The van der Waals surface area contributed by atoms with Crippen molar-refractivity contribution >= 4 is 5.91 Å². The highest BCUT2D eigenvalue weighted by molar-refractivity contribution is 5.87. The van der Waals surface area contributed by atoms with Gasteiger partial charge in [0.05, 0.1) is 5.70 Å². The van der Waals surface area contributed by atoms with Crippen LogP contribution in [0.3, 0.4) is 0 Å². The third kappa shape index (κ3) is 4.88. The maximum atomic E-state index is 13.9. The van der Waals surface area contributed by atoms with E-state index >= 15 is 0 Å². The highest BCUT2D eigenvalue weighted by Gasteiger charge is 2.53. The van der Waals surface area contributed by atoms with Gasteiger partial charge in [-0.1, -0.05) is 30.3 Å². The first-order valence-electron chi connectivity index (χ1n) is 11.0. The van der Waals surface area contributed by atoms with Gasteiger partial charge in [0.2, 0.25) is 5.92 Å². The number of benzene rings is 1. The number of halogens is 2. The number of hydrogen-bond donors (Lipinski definition) is 4. The van der Waals surface area contributed by atoms with Crippen LogP contribution in [-0.2, 0) is 15.1 Å². The number of rotatable bonds is 6. The van der Waals surface area contributed by atoms with E-state index in [0.29, 0.717) is 30.8 Å². The van der Waals surface area contributed by atoms with Crippen LogP contribution in [0.5, 0.6) is 0 Å². The van der Waals surface area contributed by atoms with Crippen molar-refractivity contribution in [2.45, 2.75) is 49.7 Å². The van der Waals surface area contributed by atoms with Crippen molar-refractivity contribution in [1.82, 2.24) is 15.5 Å². The average Bonchev–Trinajstić information content (AvgIpc) is 3.15. The first-order chi connectivity index (χ1) is 15.3. The fourth-order valence-electron chi connectivity index (χ4n) is 4.83. The maximum Gasteiger partial charge on any atom is 0.257 e. The predicted octanol–water partition coefficient (Wildman–Crippen LogP) is 2.11. The van der Waals surface area contributed by atoms with Crippen LogP contribution < -0.4 is 16.4 Å². The van der Waals surface area contributed by atoms with E-state index in [0.717, 1.165) is 18.8 Å². The average molecular weight is 449 g/mol. The largest absolute Gasteiger partial charge is 0.467 e. The fraction of sp³-hybridized carbons (Fsp3) is 0.522. The van der Waals surface area contributed by atoms with Crippen LogP contribution in [0.25, 0.3) is 0 Å². The first kappa shape index (κ1) is 22.5. The highest BCUT2D eigenvalue weighted by Crippen LogP contribution is 2.47. The summed E-state index contributed by atoms with van der Waals surface area (Å²) in [5, 5.41) is 17.5. The zero-order valence-corrected chi connectivity index (χ0v) is 17.9. The van der Waals surface area contributed by atoms with Gasteiger partial charge in [0.25, 0.3) is 5.91 Å². The summed E-state index contributed by atoms with van der Waals surface area (Å²) in [6, 6.07) is 8.31. The van der Waals surface area contributed by atoms with Crippen LogP contribution in [-0.4, -0.2) is 47.5 Å². The number of nitrogens with two attached hydrogens (primary N) is 1. The predicted molar refractivity (Wildman–Crippen MR) is 115 cm³/mol. The number of nitrogens with one attached hydrogen (secondary N) is 2. The molecular weight excluding hydrogens is 418 g/mol. The summed E-state index contributed by atoms with van der Waals surface area (Å²) in [4.78, 5) is 15.5. The summed E-state index contributed by atoms with van der Waals surface area (Å²) in [5.74, 6) is -3.83. The summed E-state index contributed by atoms with van der Waals surface area (Å²) in [6.45, 7) is 2.11. The number of carbonyl (C=O) groups excluding carboxylic acids is 1. The van der Waals surface area contributed by atoms with Crippen molar-refractivity contribution in [3.63, 3.8) is 0 Å². The van der Waals surface area contributed by atoms with Crippen LogP contribution in [0.4, 0.5) is 8.78 Å². The van der Waals surface area contributed by atoms with Crippen LogP contribution in [0.15, 0.2) is 54.4 Å². The second kappa shape index (κ2) is 9.07. The van der Waals surface area contributed by atoms with Gasteiger partial charge in [-0.25, -0.2) is 8.78 Å². The lowest BCUT2D eigenvalue weighted by atomic mass is 9.79. The Bertz CT molecular complexity index is 884. The number of aliphatic hydroxyl groups is 1. The lowest BCUT2D eigenvalue weighted by Gasteiger charge is -2.37. The molecule has 0 spiro atoms. The number of carbonyl (C=O) groups is 1. The van der Waals surface area contributed by atoms with Crippen molar-refractivity contribution in [2.75, 3.05) is 19.6 Å². The number of alkyl halides is 2. The summed E-state index contributed by atoms with van der Waals surface area (Å²) in [6.07, 6.45) is 3.72. The zero-order chi connectivity index (χ0) is 22.8. The molecule has 1 aromatic carbocycles. The highest BCUT2D eigenvalue weighted by atomic mass is 19.3. The second-order valence-corrected chi connectivity index (χ2v) is 8.93. The molecule has 1 aromatic rings. The van der Waals surface area contributed by atoms with E-state index < -0.39 is 29.8 Å². The topological polar surface area (TPSA) is 99.9 Å². The minimum Gasteiger partial charge on any atom is -0.467 e. The molecule has 32 heavy (non-hydrogen) atoms. The Morgan fingerprint density at radius 1 is 1.25 bits per heavy atom. The van der Waals surface area contributed by atoms with E-state index in [1.165, 1.54) is 6.26 Å². The SMILES string of the molecule is NC1=COC=C(CN2CCC(NC(=O)[C@](O)(c3ccccc3)[C@@H]3CCC(F)(F)C3)CC2)N1. The van der Waals surface area contributed by atoms with Gasteiger partial charge in [0.15, 0.2) is 5.60 Å². The van der Waals surface area contributed by atoms with Crippen molar-refractivity contribution in [3.05, 3.63) is 59.9 Å². The molecule has 2 heterocycles. The summed E-state index contributed by atoms with van der Waals surface area (Å²) in [5.41, 5.74) is 4.95. The molecule has 7 nitrogen and oxygen atoms in total. The number of piperidine rings is 1. The Balaban J connectivity index is 1.38. The van der Waals surface area contributed by atoms with Crippen molar-refractivity contribution in [2.24, 2.45) is 11.7 Å². The maximum absolute atomic E-state index is 13.9. The summed E-state index contributed by atoms with van der Waals surface area (Å²) in [7, 11) is 0. The molecule has 4 rings (SSSR count). The van der Waals surface area contributed by atoms with Crippen LogP contribution in [0.2, 0.25) is 0 Å². The molecule has 5 N–H and O–H groups in total. The van der Waals surface area contributed by atoms with Crippen molar-refractivity contribution in [1.29, 1.82) is 0 Å². The molecule has 1 aliphatic carbocycles. The summed E-state index contributed by atoms with van der Waals surface area (Å²) >= 11 is 0. The van der Waals surface area contributed by atoms with Gasteiger partial charge in [-0.15, -0.1) is 0 Å². The number of likely N-dealkylation sites (tertiary alicyclic amines) is 1. The first-order valence-corrected chi connectivity index (χ1v) is 11.0. The fourth-order valence-corrected chi connectivity index (χ4v) is 4.83. The molecule has 0 unspecified atom stereocenters. The monoisotopic (exact) mass is 448 g/mol. The third-order valence-electron chi connectivity index (χ3n) is 6.58. The van der Waals surface area contributed by atoms with Crippen LogP contribution >= 0.6 is 0 Å². The molecule has 2 fully saturated rings. The number of hydrogen-bond acceptors (Lipinski definition) is 6. The zero-order valence-electron chi connectivity index (χ0n) is 17.9. The van der Waals surface area contributed by atoms with Gasteiger partial charge in [0.1, 0.15) is 18.3 Å². The molecule has 0 bridgehead atoms. The molecule has 1 saturated heterocycles. The van der Waals surface area contributed by atoms with Crippen LogP contribution in [0.1, 0.15) is 37.7 Å². The standard InChI is InChI=1S/C23H30F2N4O3/c24-22(25)9-6-17(12-22)23(31,16-4-2-1-3-5-16)21(30)28-18-7-10-29(11-8-18)13-19-14-32-15-20(26)27-19/h1-5,14-15,17-18,27,31H,6-13,26H2,(H,28,30)/t17-,23+/m1/s1. The number of amides is 1. The quantitative estimate of drug-likeness (QED) is 0.532. The Hall–Kier alpha value is -2.65. The van der Waals surface area contributed by atoms with Gasteiger partial charge in [0, 0.05) is 44.4 Å². The van der Waals surface area contributed by atoms with E-state index in [9.17, 15) is 18.7 Å². The minimum atomic E-state index is -2.86. The van der Waals surface area contributed by atoms with E-state index in [4.69, 9.17) is 10.5 Å². The van der Waals surface area contributed by atoms with Crippen molar-refractivity contribution < 1.29 is 23.4 Å². The van der Waals surface area contributed by atoms with Crippen LogP contribution in [0, 0.1) is 5.92 Å². The molecule has 3 aliphatic rings. The van der Waals surface area contributed by atoms with E-state index in [-0.39, 0.29) is 18.9 Å². The second-order valence-electron chi connectivity index (χ2n) is 8.93. The smallest absolute Gasteiger partial charge is 0.257 e.